The molecule has 1 aromatic carbocycles. The summed E-state index contributed by atoms with van der Waals surface area (Å²) in [7, 11) is 0. The molecule has 1 amide bonds. The third kappa shape index (κ3) is 4.64. The van der Waals surface area contributed by atoms with Crippen molar-refractivity contribution < 1.29 is 4.79 Å². The van der Waals surface area contributed by atoms with Crippen molar-refractivity contribution in [2.45, 2.75) is 43.9 Å². The molecule has 2 rings (SSSR count). The van der Waals surface area contributed by atoms with Crippen LogP contribution < -0.4 is 5.32 Å². The van der Waals surface area contributed by atoms with Crippen LogP contribution in [0.5, 0.6) is 0 Å². The van der Waals surface area contributed by atoms with Crippen LogP contribution in [0.15, 0.2) is 24.3 Å². The molecule has 2 unspecified atom stereocenters. The third-order valence-electron chi connectivity index (χ3n) is 3.92. The van der Waals surface area contributed by atoms with Gasteiger partial charge in [-0.2, -0.15) is 0 Å². The summed E-state index contributed by atoms with van der Waals surface area (Å²) in [4.78, 5) is 12.6. The van der Waals surface area contributed by atoms with E-state index in [0.29, 0.717) is 17.2 Å². The summed E-state index contributed by atoms with van der Waals surface area (Å²) < 4.78 is 0. The topological polar surface area (TPSA) is 29.1 Å². The highest BCUT2D eigenvalue weighted by Crippen LogP contribution is 2.28. The van der Waals surface area contributed by atoms with Gasteiger partial charge in [0.2, 0.25) is 5.91 Å². The molecule has 19 heavy (non-hydrogen) atoms. The molecule has 1 N–H and O–H groups in total. The number of alkyl halides is 1. The van der Waals surface area contributed by atoms with Crippen molar-refractivity contribution in [3.8, 4) is 0 Å². The van der Waals surface area contributed by atoms with Crippen molar-refractivity contribution in [1.29, 1.82) is 0 Å². The summed E-state index contributed by atoms with van der Waals surface area (Å²) in [6.45, 7) is 2.88. The first-order valence-electron chi connectivity index (χ1n) is 7.10. The molecular weight excluding hydrogens is 302 g/mol. The minimum absolute atomic E-state index is 0.144. The van der Waals surface area contributed by atoms with Crippen LogP contribution in [0, 0.1) is 12.8 Å². The summed E-state index contributed by atoms with van der Waals surface area (Å²) in [5.74, 6) is 0.782. The zero-order chi connectivity index (χ0) is 13.7. The van der Waals surface area contributed by atoms with Crippen LogP contribution in [0.25, 0.3) is 0 Å². The van der Waals surface area contributed by atoms with Crippen LogP contribution in [-0.4, -0.2) is 17.3 Å². The number of carbonyl (C=O) groups excluding carboxylic acids is 1. The first-order chi connectivity index (χ1) is 9.15. The van der Waals surface area contributed by atoms with Crippen LogP contribution in [0.3, 0.4) is 0 Å². The Morgan fingerprint density at radius 1 is 1.37 bits per heavy atom. The zero-order valence-electron chi connectivity index (χ0n) is 11.5. The number of aryl methyl sites for hydroxylation is 1. The standard InChI is InChI=1S/C16H22BrNO/c1-12-5-2-3-7-14(12)10-16(19)18-11-13-6-4-8-15(17)9-13/h2-3,5,7,13,15H,4,6,8-11H2,1H3,(H,18,19). The van der Waals surface area contributed by atoms with Crippen LogP contribution in [0.2, 0.25) is 0 Å². The van der Waals surface area contributed by atoms with Crippen molar-refractivity contribution >= 4 is 21.8 Å². The van der Waals surface area contributed by atoms with E-state index in [4.69, 9.17) is 0 Å². The number of nitrogens with one attached hydrogen (secondary N) is 1. The Morgan fingerprint density at radius 2 is 2.16 bits per heavy atom. The van der Waals surface area contributed by atoms with Gasteiger partial charge in [-0.05, 0) is 43.2 Å². The lowest BCUT2D eigenvalue weighted by molar-refractivity contribution is -0.120. The van der Waals surface area contributed by atoms with E-state index < -0.39 is 0 Å². The third-order valence-corrected chi connectivity index (χ3v) is 4.75. The van der Waals surface area contributed by atoms with Gasteiger partial charge < -0.3 is 5.32 Å². The lowest BCUT2D eigenvalue weighted by Crippen LogP contribution is -2.33. The fourth-order valence-electron chi connectivity index (χ4n) is 2.71. The Labute approximate surface area is 124 Å². The Hall–Kier alpha value is -0.830. The zero-order valence-corrected chi connectivity index (χ0v) is 13.1. The molecule has 0 radical (unpaired) electrons. The van der Waals surface area contributed by atoms with E-state index in [0.717, 1.165) is 12.1 Å². The molecule has 0 spiro atoms. The average molecular weight is 324 g/mol. The molecule has 2 nitrogen and oxygen atoms in total. The quantitative estimate of drug-likeness (QED) is 0.842. The van der Waals surface area contributed by atoms with Crippen molar-refractivity contribution in [2.75, 3.05) is 6.54 Å². The summed E-state index contributed by atoms with van der Waals surface area (Å²) >= 11 is 3.69. The molecule has 0 aromatic heterocycles. The number of amides is 1. The fourth-order valence-corrected chi connectivity index (χ4v) is 3.57. The minimum atomic E-state index is 0.144. The Kier molecular flexibility index (Phi) is 5.44. The Bertz CT molecular complexity index is 433. The number of rotatable bonds is 4. The second-order valence-corrected chi connectivity index (χ2v) is 6.83. The Morgan fingerprint density at radius 3 is 2.89 bits per heavy atom. The molecule has 0 aliphatic heterocycles. The molecule has 0 saturated heterocycles. The van der Waals surface area contributed by atoms with Crippen molar-refractivity contribution in [2.24, 2.45) is 5.92 Å². The number of carbonyl (C=O) groups is 1. The van der Waals surface area contributed by atoms with Gasteiger partial charge in [-0.25, -0.2) is 0 Å². The normalized spacial score (nSPS) is 23.1. The average Bonchev–Trinajstić information content (AvgIpc) is 2.39. The van der Waals surface area contributed by atoms with Gasteiger partial charge in [-0.15, -0.1) is 0 Å². The molecule has 1 fully saturated rings. The number of hydrogen-bond acceptors (Lipinski definition) is 1. The molecule has 0 heterocycles. The highest BCUT2D eigenvalue weighted by Gasteiger charge is 2.20. The SMILES string of the molecule is Cc1ccccc1CC(=O)NCC1CCCC(Br)C1. The molecule has 1 aliphatic carbocycles. The van der Waals surface area contributed by atoms with Crippen molar-refractivity contribution in [3.63, 3.8) is 0 Å². The van der Waals surface area contributed by atoms with E-state index in [9.17, 15) is 4.79 Å². The van der Waals surface area contributed by atoms with E-state index in [1.807, 2.05) is 18.2 Å². The van der Waals surface area contributed by atoms with Gasteiger partial charge >= 0.3 is 0 Å². The van der Waals surface area contributed by atoms with E-state index >= 15 is 0 Å². The summed E-state index contributed by atoms with van der Waals surface area (Å²) in [6.07, 6.45) is 5.47. The van der Waals surface area contributed by atoms with E-state index in [1.165, 1.54) is 31.2 Å². The lowest BCUT2D eigenvalue weighted by atomic mass is 9.89. The van der Waals surface area contributed by atoms with Crippen molar-refractivity contribution in [1.82, 2.24) is 5.32 Å². The van der Waals surface area contributed by atoms with Gasteiger partial charge in [0.15, 0.2) is 0 Å². The van der Waals surface area contributed by atoms with Gasteiger partial charge in [0.05, 0.1) is 6.42 Å². The molecular formula is C16H22BrNO. The Balaban J connectivity index is 1.77. The molecule has 1 aromatic rings. The minimum Gasteiger partial charge on any atom is -0.356 e. The fraction of sp³-hybridized carbons (Fsp3) is 0.562. The van der Waals surface area contributed by atoms with Gasteiger partial charge in [0.25, 0.3) is 0 Å². The van der Waals surface area contributed by atoms with Crippen LogP contribution in [-0.2, 0) is 11.2 Å². The maximum Gasteiger partial charge on any atom is 0.224 e. The second-order valence-electron chi connectivity index (χ2n) is 5.54. The highest BCUT2D eigenvalue weighted by atomic mass is 79.9. The lowest BCUT2D eigenvalue weighted by Gasteiger charge is -2.25. The van der Waals surface area contributed by atoms with Crippen LogP contribution >= 0.6 is 15.9 Å². The monoisotopic (exact) mass is 323 g/mol. The van der Waals surface area contributed by atoms with Gasteiger partial charge in [-0.3, -0.25) is 4.79 Å². The van der Waals surface area contributed by atoms with Crippen LogP contribution in [0.4, 0.5) is 0 Å². The first kappa shape index (κ1) is 14.6. The molecule has 0 bridgehead atoms. The largest absolute Gasteiger partial charge is 0.356 e. The molecule has 1 saturated carbocycles. The van der Waals surface area contributed by atoms with E-state index in [2.05, 4.69) is 34.2 Å². The highest BCUT2D eigenvalue weighted by molar-refractivity contribution is 9.09. The van der Waals surface area contributed by atoms with Gasteiger partial charge in [-0.1, -0.05) is 46.6 Å². The maximum atomic E-state index is 12.0. The van der Waals surface area contributed by atoms with Crippen LogP contribution in [0.1, 0.15) is 36.8 Å². The molecule has 1 aliphatic rings. The van der Waals surface area contributed by atoms with E-state index in [1.54, 1.807) is 0 Å². The number of benzene rings is 1. The first-order valence-corrected chi connectivity index (χ1v) is 8.02. The molecule has 3 heteroatoms. The molecule has 104 valence electrons. The molecule has 2 atom stereocenters. The summed E-state index contributed by atoms with van der Waals surface area (Å²) in [5.41, 5.74) is 2.32. The van der Waals surface area contributed by atoms with Gasteiger partial charge in [0, 0.05) is 11.4 Å². The van der Waals surface area contributed by atoms with Crippen molar-refractivity contribution in [3.05, 3.63) is 35.4 Å². The predicted molar refractivity (Wildman–Crippen MR) is 82.6 cm³/mol. The van der Waals surface area contributed by atoms with Gasteiger partial charge in [0.1, 0.15) is 0 Å². The summed E-state index contributed by atoms with van der Waals surface area (Å²) in [5, 5.41) is 3.09. The predicted octanol–water partition coefficient (Wildman–Crippen LogP) is 3.61. The number of halogens is 1. The van der Waals surface area contributed by atoms with E-state index in [-0.39, 0.29) is 5.91 Å². The number of hydrogen-bond donors (Lipinski definition) is 1. The summed E-state index contributed by atoms with van der Waals surface area (Å²) in [6, 6.07) is 8.09. The maximum absolute atomic E-state index is 12.0. The smallest absolute Gasteiger partial charge is 0.224 e. The second kappa shape index (κ2) is 7.09.